The number of hydrogen-bond acceptors (Lipinski definition) is 4. The Morgan fingerprint density at radius 3 is 1.00 bits per heavy atom. The Morgan fingerprint density at radius 1 is 0.714 bits per heavy atom. The summed E-state index contributed by atoms with van der Waals surface area (Å²) in [7, 11) is -8.59. The molecular formula is C11H22F4O4S2. The highest BCUT2D eigenvalue weighted by Gasteiger charge is 2.47. The van der Waals surface area contributed by atoms with Gasteiger partial charge in [-0.15, -0.1) is 0 Å². The van der Waals surface area contributed by atoms with E-state index in [2.05, 4.69) is 0 Å². The second-order valence-electron chi connectivity index (χ2n) is 6.34. The average molecular weight is 358 g/mol. The van der Waals surface area contributed by atoms with E-state index >= 15 is 0 Å². The van der Waals surface area contributed by atoms with Crippen molar-refractivity contribution in [3.63, 3.8) is 0 Å². The summed E-state index contributed by atoms with van der Waals surface area (Å²) in [4.78, 5) is 0. The summed E-state index contributed by atoms with van der Waals surface area (Å²) in [6, 6.07) is 0. The van der Waals surface area contributed by atoms with Crippen molar-refractivity contribution in [3.05, 3.63) is 0 Å². The number of hydrogen-bond donors (Lipinski definition) is 0. The predicted octanol–water partition coefficient (Wildman–Crippen LogP) is 3.23. The zero-order chi connectivity index (χ0) is 18.1. The van der Waals surface area contributed by atoms with Crippen LogP contribution >= 0.6 is 0 Å². The highest BCUT2D eigenvalue weighted by atomic mass is 32.2. The van der Waals surface area contributed by atoms with E-state index in [9.17, 15) is 34.4 Å². The molecule has 0 bridgehead atoms. The van der Waals surface area contributed by atoms with Crippen LogP contribution in [0.3, 0.4) is 0 Å². The van der Waals surface area contributed by atoms with Crippen LogP contribution in [0, 0.1) is 0 Å². The van der Waals surface area contributed by atoms with Gasteiger partial charge in [0.05, 0.1) is 9.49 Å². The smallest absolute Gasteiger partial charge is 0.222 e. The number of rotatable bonds is 2. The monoisotopic (exact) mass is 358 g/mol. The van der Waals surface area contributed by atoms with E-state index in [1.807, 2.05) is 0 Å². The summed E-state index contributed by atoms with van der Waals surface area (Å²) < 4.78 is 88.6. The number of alkyl halides is 4. The minimum Gasteiger partial charge on any atom is -0.222 e. The molecule has 0 heterocycles. The molecule has 0 N–H and O–H groups in total. The summed E-state index contributed by atoms with van der Waals surface area (Å²) in [5.41, 5.74) is 0. The molecule has 21 heavy (non-hydrogen) atoms. The summed E-state index contributed by atoms with van der Waals surface area (Å²) in [6.07, 6.45) is 0. The third-order valence-electron chi connectivity index (χ3n) is 2.37. The number of sulfone groups is 2. The van der Waals surface area contributed by atoms with Crippen LogP contribution in [0.2, 0.25) is 0 Å². The fourth-order valence-electron chi connectivity index (χ4n) is 0.805. The first-order valence-corrected chi connectivity index (χ1v) is 8.86. The van der Waals surface area contributed by atoms with Crippen molar-refractivity contribution >= 4 is 19.7 Å². The van der Waals surface area contributed by atoms with Crippen molar-refractivity contribution in [2.75, 3.05) is 0 Å². The summed E-state index contributed by atoms with van der Waals surface area (Å²) in [6.45, 7) is 7.88. The van der Waals surface area contributed by atoms with E-state index in [0.29, 0.717) is 6.92 Å². The van der Waals surface area contributed by atoms with E-state index in [1.165, 1.54) is 41.5 Å². The lowest BCUT2D eigenvalue weighted by molar-refractivity contribution is 0.111. The van der Waals surface area contributed by atoms with E-state index in [0.717, 1.165) is 0 Å². The highest BCUT2D eigenvalue weighted by Crippen LogP contribution is 2.31. The van der Waals surface area contributed by atoms with Gasteiger partial charge in [-0.1, -0.05) is 0 Å². The Morgan fingerprint density at radius 2 is 1.00 bits per heavy atom. The van der Waals surface area contributed by atoms with Crippen molar-refractivity contribution in [2.24, 2.45) is 0 Å². The second kappa shape index (κ2) is 6.39. The predicted molar refractivity (Wildman–Crippen MR) is 74.0 cm³/mol. The van der Waals surface area contributed by atoms with Crippen LogP contribution in [0.1, 0.15) is 48.5 Å². The highest BCUT2D eigenvalue weighted by molar-refractivity contribution is 7.93. The SMILES string of the molecule is CC(C)(C)S(=O)(=O)C(C)(F)F.CC(C)(C)S(=O)(=O)C(F)F. The third kappa shape index (κ3) is 5.72. The molecule has 0 rings (SSSR count). The van der Waals surface area contributed by atoms with Gasteiger partial charge in [0, 0.05) is 6.92 Å². The van der Waals surface area contributed by atoms with Crippen LogP contribution in [0.5, 0.6) is 0 Å². The molecule has 0 unspecified atom stereocenters. The van der Waals surface area contributed by atoms with Gasteiger partial charge in [-0.05, 0) is 41.5 Å². The van der Waals surface area contributed by atoms with Gasteiger partial charge in [0.15, 0.2) is 0 Å². The average Bonchev–Trinajstić information content (AvgIpc) is 2.12. The van der Waals surface area contributed by atoms with Crippen LogP contribution in [-0.4, -0.2) is 37.3 Å². The molecule has 0 aliphatic rings. The lowest BCUT2D eigenvalue weighted by Crippen LogP contribution is -2.39. The van der Waals surface area contributed by atoms with Crippen LogP contribution in [0.15, 0.2) is 0 Å². The molecule has 0 atom stereocenters. The lowest BCUT2D eigenvalue weighted by atomic mass is 10.3. The van der Waals surface area contributed by atoms with Gasteiger partial charge in [0.25, 0.3) is 0 Å². The first-order valence-electron chi connectivity index (χ1n) is 5.83. The molecule has 0 spiro atoms. The lowest BCUT2D eigenvalue weighted by Gasteiger charge is -2.23. The van der Waals surface area contributed by atoms with Gasteiger partial charge >= 0.3 is 11.0 Å². The Kier molecular flexibility index (Phi) is 6.97. The van der Waals surface area contributed by atoms with Crippen molar-refractivity contribution < 1.29 is 34.4 Å². The van der Waals surface area contributed by atoms with Crippen LogP contribution in [-0.2, 0) is 19.7 Å². The fraction of sp³-hybridized carbons (Fsp3) is 1.00. The summed E-state index contributed by atoms with van der Waals surface area (Å²) in [5.74, 6) is -3.27. The molecule has 10 heteroatoms. The van der Waals surface area contributed by atoms with E-state index in [-0.39, 0.29) is 0 Å². The fourth-order valence-corrected chi connectivity index (χ4v) is 2.41. The standard InChI is InChI=1S/C6H12F2O2S.C5H10F2O2S/c1-5(2,3)11(9,10)6(4,7)8;1-5(2,3)10(8,9)4(6)7/h1-4H3;4H,1-3H3. The Labute approximate surface area is 123 Å². The van der Waals surface area contributed by atoms with Crippen LogP contribution in [0.4, 0.5) is 17.6 Å². The van der Waals surface area contributed by atoms with Crippen LogP contribution in [0.25, 0.3) is 0 Å². The largest absolute Gasteiger partial charge is 0.343 e. The maximum Gasteiger partial charge on any atom is 0.343 e. The van der Waals surface area contributed by atoms with E-state index in [4.69, 9.17) is 0 Å². The van der Waals surface area contributed by atoms with Gasteiger partial charge in [0.1, 0.15) is 0 Å². The molecule has 0 amide bonds. The van der Waals surface area contributed by atoms with Gasteiger partial charge in [-0.3, -0.25) is 0 Å². The van der Waals surface area contributed by atoms with Gasteiger partial charge in [-0.2, -0.15) is 17.6 Å². The summed E-state index contributed by atoms with van der Waals surface area (Å²) >= 11 is 0. The molecule has 4 nitrogen and oxygen atoms in total. The Bertz CT molecular complexity index is 512. The minimum absolute atomic E-state index is 0.396. The first-order chi connectivity index (χ1) is 8.69. The topological polar surface area (TPSA) is 68.3 Å². The van der Waals surface area contributed by atoms with Gasteiger partial charge in [-0.25, -0.2) is 16.8 Å². The molecule has 0 saturated carbocycles. The van der Waals surface area contributed by atoms with E-state index < -0.39 is 40.2 Å². The zero-order valence-corrected chi connectivity index (χ0v) is 14.7. The Balaban J connectivity index is 0. The summed E-state index contributed by atoms with van der Waals surface area (Å²) in [5, 5.41) is -3.65. The maximum atomic E-state index is 12.4. The molecule has 0 aromatic carbocycles. The van der Waals surface area contributed by atoms with Gasteiger partial charge < -0.3 is 0 Å². The zero-order valence-electron chi connectivity index (χ0n) is 13.0. The number of halogens is 4. The molecule has 0 aromatic rings. The first kappa shape index (κ1) is 22.9. The quantitative estimate of drug-likeness (QED) is 0.711. The van der Waals surface area contributed by atoms with Crippen molar-refractivity contribution in [3.8, 4) is 0 Å². The van der Waals surface area contributed by atoms with Crippen LogP contribution < -0.4 is 0 Å². The normalized spacial score (nSPS) is 14.7. The minimum atomic E-state index is -4.35. The van der Waals surface area contributed by atoms with Crippen molar-refractivity contribution in [1.82, 2.24) is 0 Å². The molecular weight excluding hydrogens is 336 g/mol. The molecule has 0 radical (unpaired) electrons. The van der Waals surface area contributed by atoms with Crippen molar-refractivity contribution in [2.45, 2.75) is 69.0 Å². The van der Waals surface area contributed by atoms with Gasteiger partial charge in [0.2, 0.25) is 19.7 Å². The second-order valence-corrected chi connectivity index (χ2v) is 12.0. The molecule has 0 saturated heterocycles. The molecule has 0 fully saturated rings. The molecule has 0 aliphatic carbocycles. The molecule has 0 aliphatic heterocycles. The maximum absolute atomic E-state index is 12.4. The van der Waals surface area contributed by atoms with E-state index in [1.54, 1.807) is 0 Å². The molecule has 0 aromatic heterocycles. The third-order valence-corrected chi connectivity index (χ3v) is 7.10. The van der Waals surface area contributed by atoms with Crippen molar-refractivity contribution in [1.29, 1.82) is 0 Å². The Hall–Kier alpha value is -0.380. The molecule has 130 valence electrons.